The van der Waals surface area contributed by atoms with Crippen LogP contribution in [0.4, 0.5) is 0 Å². The van der Waals surface area contributed by atoms with E-state index in [-0.39, 0.29) is 0 Å². The topological polar surface area (TPSA) is 30.7 Å². The van der Waals surface area contributed by atoms with Crippen molar-refractivity contribution in [3.05, 3.63) is 164 Å². The van der Waals surface area contributed by atoms with Crippen molar-refractivity contribution in [1.82, 2.24) is 14.5 Å². The summed E-state index contributed by atoms with van der Waals surface area (Å²) < 4.78 is 7.24. The molecule has 53 heavy (non-hydrogen) atoms. The third kappa shape index (κ3) is 4.26. The summed E-state index contributed by atoms with van der Waals surface area (Å²) in [5.74, 6) is 0.683. The lowest BCUT2D eigenvalue weighted by molar-refractivity contribution is 1.02. The van der Waals surface area contributed by atoms with E-state index in [0.29, 0.717) is 5.95 Å². The van der Waals surface area contributed by atoms with Gasteiger partial charge in [-0.2, -0.15) is 0 Å². The smallest absolute Gasteiger partial charge is 0.235 e. The van der Waals surface area contributed by atoms with Crippen LogP contribution >= 0.6 is 22.7 Å². The zero-order valence-corrected chi connectivity index (χ0v) is 29.9. The molecule has 0 atom stereocenters. The fraction of sp³-hybridized carbons (Fsp3) is 0. The number of benzene rings is 8. The van der Waals surface area contributed by atoms with Gasteiger partial charge in [0, 0.05) is 52.0 Å². The van der Waals surface area contributed by atoms with E-state index in [1.54, 1.807) is 11.3 Å². The zero-order chi connectivity index (χ0) is 34.6. The number of para-hydroxylation sites is 1. The largest absolute Gasteiger partial charge is 0.278 e. The molecule has 0 fully saturated rings. The van der Waals surface area contributed by atoms with Crippen molar-refractivity contribution in [3.63, 3.8) is 0 Å². The van der Waals surface area contributed by atoms with E-state index in [0.717, 1.165) is 37.9 Å². The minimum Gasteiger partial charge on any atom is -0.278 e. The molecular weight excluding hydrogens is 683 g/mol. The Labute approximate surface area is 311 Å². The zero-order valence-electron chi connectivity index (χ0n) is 28.2. The van der Waals surface area contributed by atoms with Crippen LogP contribution in [0.2, 0.25) is 0 Å². The van der Waals surface area contributed by atoms with Crippen molar-refractivity contribution >= 4 is 106 Å². The van der Waals surface area contributed by atoms with Crippen molar-refractivity contribution in [2.24, 2.45) is 0 Å². The van der Waals surface area contributed by atoms with Gasteiger partial charge in [-0.3, -0.25) is 4.57 Å². The fourth-order valence-corrected chi connectivity index (χ4v) is 10.7. The van der Waals surface area contributed by atoms with Gasteiger partial charge in [-0.15, -0.1) is 22.7 Å². The maximum absolute atomic E-state index is 5.48. The number of thiophene rings is 2. The summed E-state index contributed by atoms with van der Waals surface area (Å²) in [4.78, 5) is 10.9. The highest BCUT2D eigenvalue weighted by Crippen LogP contribution is 2.43. The van der Waals surface area contributed by atoms with Crippen LogP contribution in [0, 0.1) is 0 Å². The van der Waals surface area contributed by atoms with E-state index in [1.807, 2.05) is 11.3 Å². The fourth-order valence-electron chi connectivity index (χ4n) is 8.34. The van der Waals surface area contributed by atoms with Gasteiger partial charge in [-0.05, 0) is 57.6 Å². The lowest BCUT2D eigenvalue weighted by Crippen LogP contribution is -2.02. The molecule has 4 heterocycles. The van der Waals surface area contributed by atoms with E-state index in [2.05, 4.69) is 168 Å². The SMILES string of the molecule is c1ccc2c(-c3ccc(-c4nc(-n5c6ccccc6c6cc7c(ccc8c9ccccc9sc78)cc65)nc5c4sc4ccccc45)cc3)cccc2c1. The Morgan fingerprint density at radius 1 is 0.396 bits per heavy atom. The number of nitrogens with zero attached hydrogens (tertiary/aromatic N) is 3. The second kappa shape index (κ2) is 11.1. The third-order valence-electron chi connectivity index (χ3n) is 10.8. The maximum Gasteiger partial charge on any atom is 0.235 e. The molecule has 0 saturated carbocycles. The molecule has 246 valence electrons. The second-order valence-electron chi connectivity index (χ2n) is 13.7. The van der Waals surface area contributed by atoms with Crippen molar-refractivity contribution in [3.8, 4) is 28.3 Å². The number of hydrogen-bond acceptors (Lipinski definition) is 4. The van der Waals surface area contributed by atoms with Gasteiger partial charge >= 0.3 is 0 Å². The molecule has 0 amide bonds. The molecule has 5 heteroatoms. The number of fused-ring (bicyclic) bond motifs is 12. The van der Waals surface area contributed by atoms with Crippen molar-refractivity contribution in [1.29, 1.82) is 0 Å². The van der Waals surface area contributed by atoms with Gasteiger partial charge in [0.05, 0.1) is 26.9 Å². The highest BCUT2D eigenvalue weighted by molar-refractivity contribution is 7.27. The number of aromatic nitrogens is 3. The summed E-state index contributed by atoms with van der Waals surface area (Å²) in [6, 6.07) is 59.4. The van der Waals surface area contributed by atoms with Crippen LogP contribution < -0.4 is 0 Å². The van der Waals surface area contributed by atoms with Crippen LogP contribution in [0.5, 0.6) is 0 Å². The van der Waals surface area contributed by atoms with Gasteiger partial charge in [0.25, 0.3) is 0 Å². The van der Waals surface area contributed by atoms with Crippen molar-refractivity contribution < 1.29 is 0 Å². The summed E-state index contributed by atoms with van der Waals surface area (Å²) in [6.07, 6.45) is 0. The van der Waals surface area contributed by atoms with Gasteiger partial charge < -0.3 is 0 Å². The Balaban J connectivity index is 1.11. The van der Waals surface area contributed by atoms with Crippen LogP contribution in [0.15, 0.2) is 164 Å². The predicted molar refractivity (Wildman–Crippen MR) is 228 cm³/mol. The lowest BCUT2D eigenvalue weighted by Gasteiger charge is -2.11. The molecule has 0 N–H and O–H groups in total. The summed E-state index contributed by atoms with van der Waals surface area (Å²) in [5.41, 5.74) is 7.64. The van der Waals surface area contributed by atoms with Gasteiger partial charge in [-0.25, -0.2) is 9.97 Å². The standard InChI is InChI=1S/C48H27N3S2/c1-2-12-32-28(10-1)11-9-16-33(32)29-20-22-30(23-21-29)44-47-45(37-15-5-8-19-43(37)53-47)50-48(49-44)51-40-17-6-3-13-34(40)39-27-38-31(26-41(39)51)24-25-36-35-14-4-7-18-42(35)52-46(36)38/h1-27H. The highest BCUT2D eigenvalue weighted by Gasteiger charge is 2.21. The van der Waals surface area contributed by atoms with E-state index in [1.165, 1.54) is 68.3 Å². The summed E-state index contributed by atoms with van der Waals surface area (Å²) in [5, 5.41) is 11.2. The summed E-state index contributed by atoms with van der Waals surface area (Å²) in [7, 11) is 0. The molecule has 8 aromatic carbocycles. The molecule has 3 nitrogen and oxygen atoms in total. The first-order valence-corrected chi connectivity index (χ1v) is 19.5. The molecule has 0 aliphatic carbocycles. The highest BCUT2D eigenvalue weighted by atomic mass is 32.1. The van der Waals surface area contributed by atoms with Crippen LogP contribution in [0.1, 0.15) is 0 Å². The molecule has 0 spiro atoms. The molecule has 12 rings (SSSR count). The maximum atomic E-state index is 5.48. The first-order chi connectivity index (χ1) is 26.3. The van der Waals surface area contributed by atoms with Crippen molar-refractivity contribution in [2.75, 3.05) is 0 Å². The molecule has 0 unspecified atom stereocenters. The lowest BCUT2D eigenvalue weighted by atomic mass is 9.97. The van der Waals surface area contributed by atoms with Gasteiger partial charge in [-0.1, -0.05) is 133 Å². The van der Waals surface area contributed by atoms with Crippen LogP contribution in [-0.2, 0) is 0 Å². The molecule has 0 aliphatic heterocycles. The molecule has 0 aliphatic rings. The Morgan fingerprint density at radius 3 is 1.94 bits per heavy atom. The molecule has 4 aromatic heterocycles. The molecule has 0 radical (unpaired) electrons. The third-order valence-corrected chi connectivity index (χ3v) is 13.2. The molecule has 12 aromatic rings. The monoisotopic (exact) mass is 709 g/mol. The average Bonchev–Trinajstić information content (AvgIpc) is 3.89. The minimum atomic E-state index is 0.683. The summed E-state index contributed by atoms with van der Waals surface area (Å²) in [6.45, 7) is 0. The minimum absolute atomic E-state index is 0.683. The quantitative estimate of drug-likeness (QED) is 0.183. The van der Waals surface area contributed by atoms with E-state index >= 15 is 0 Å². The van der Waals surface area contributed by atoms with Crippen LogP contribution in [0.25, 0.3) is 112 Å². The Hall–Kier alpha value is -6.40. The molecule has 0 saturated heterocycles. The number of rotatable bonds is 3. The molecule has 0 bridgehead atoms. The van der Waals surface area contributed by atoms with E-state index in [9.17, 15) is 0 Å². The van der Waals surface area contributed by atoms with Crippen molar-refractivity contribution in [2.45, 2.75) is 0 Å². The van der Waals surface area contributed by atoms with Crippen LogP contribution in [-0.4, -0.2) is 14.5 Å². The van der Waals surface area contributed by atoms with E-state index < -0.39 is 0 Å². The Kier molecular flexibility index (Phi) is 6.09. The normalized spacial score (nSPS) is 12.2. The second-order valence-corrected chi connectivity index (χ2v) is 15.8. The van der Waals surface area contributed by atoms with Crippen LogP contribution in [0.3, 0.4) is 0 Å². The first kappa shape index (κ1) is 29.2. The number of hydrogen-bond donors (Lipinski definition) is 0. The molecular formula is C48H27N3S2. The van der Waals surface area contributed by atoms with Gasteiger partial charge in [0.15, 0.2) is 0 Å². The van der Waals surface area contributed by atoms with Gasteiger partial charge in [0.1, 0.15) is 0 Å². The average molecular weight is 710 g/mol. The van der Waals surface area contributed by atoms with Gasteiger partial charge in [0.2, 0.25) is 5.95 Å². The summed E-state index contributed by atoms with van der Waals surface area (Å²) >= 11 is 3.65. The Morgan fingerprint density at radius 2 is 1.08 bits per heavy atom. The predicted octanol–water partition coefficient (Wildman–Crippen LogP) is 13.9. The first-order valence-electron chi connectivity index (χ1n) is 17.8. The Bertz CT molecular complexity index is 3450. The van der Waals surface area contributed by atoms with E-state index in [4.69, 9.17) is 9.97 Å².